The Kier molecular flexibility index (Phi) is 4.97. The molecule has 0 aliphatic carbocycles. The molecule has 2 heterocycles. The van der Waals surface area contributed by atoms with Crippen molar-refractivity contribution in [1.29, 1.82) is 0 Å². The third-order valence-corrected chi connectivity index (χ3v) is 4.13. The molecule has 134 valence electrons. The fraction of sp³-hybridized carbons (Fsp3) is 0.263. The van der Waals surface area contributed by atoms with Crippen LogP contribution in [0.25, 0.3) is 0 Å². The van der Waals surface area contributed by atoms with Crippen molar-refractivity contribution < 1.29 is 14.4 Å². The van der Waals surface area contributed by atoms with E-state index in [4.69, 9.17) is 0 Å². The molecule has 7 nitrogen and oxygen atoms in total. The first kappa shape index (κ1) is 17.6. The Bertz CT molecular complexity index is 848. The average molecular weight is 352 g/mol. The zero-order valence-corrected chi connectivity index (χ0v) is 14.7. The zero-order chi connectivity index (χ0) is 18.7. The summed E-state index contributed by atoms with van der Waals surface area (Å²) in [4.78, 5) is 41.7. The predicted molar refractivity (Wildman–Crippen MR) is 98.8 cm³/mol. The molecule has 1 saturated heterocycles. The summed E-state index contributed by atoms with van der Waals surface area (Å²) in [6, 6.07) is 12.4. The summed E-state index contributed by atoms with van der Waals surface area (Å²) >= 11 is 0. The van der Waals surface area contributed by atoms with Gasteiger partial charge < -0.3 is 15.5 Å². The minimum atomic E-state index is -0.431. The first-order valence-electron chi connectivity index (χ1n) is 8.35. The van der Waals surface area contributed by atoms with Crippen LogP contribution in [0.2, 0.25) is 0 Å². The van der Waals surface area contributed by atoms with Crippen molar-refractivity contribution in [3.05, 3.63) is 48.2 Å². The molecule has 1 atom stereocenters. The number of aryl methyl sites for hydroxylation is 1. The molecule has 26 heavy (non-hydrogen) atoms. The highest BCUT2D eigenvalue weighted by Gasteiger charge is 2.35. The molecule has 0 saturated carbocycles. The second-order valence-electron chi connectivity index (χ2n) is 6.29. The quantitative estimate of drug-likeness (QED) is 0.883. The van der Waals surface area contributed by atoms with Gasteiger partial charge in [-0.15, -0.1) is 0 Å². The van der Waals surface area contributed by atoms with Crippen LogP contribution >= 0.6 is 0 Å². The van der Waals surface area contributed by atoms with Gasteiger partial charge in [-0.3, -0.25) is 14.4 Å². The Morgan fingerprint density at radius 2 is 1.85 bits per heavy atom. The van der Waals surface area contributed by atoms with E-state index in [1.165, 1.54) is 6.92 Å². The van der Waals surface area contributed by atoms with E-state index in [1.54, 1.807) is 35.2 Å². The summed E-state index contributed by atoms with van der Waals surface area (Å²) in [5, 5.41) is 5.45. The van der Waals surface area contributed by atoms with Gasteiger partial charge in [-0.05, 0) is 43.3 Å². The van der Waals surface area contributed by atoms with Gasteiger partial charge in [0, 0.05) is 37.0 Å². The van der Waals surface area contributed by atoms with Crippen LogP contribution in [0.3, 0.4) is 0 Å². The highest BCUT2D eigenvalue weighted by Crippen LogP contribution is 2.27. The number of benzene rings is 1. The molecule has 0 bridgehead atoms. The van der Waals surface area contributed by atoms with Crippen LogP contribution in [-0.4, -0.2) is 29.3 Å². The molecule has 0 unspecified atom stereocenters. The van der Waals surface area contributed by atoms with E-state index in [2.05, 4.69) is 15.6 Å². The van der Waals surface area contributed by atoms with Gasteiger partial charge in [-0.2, -0.15) is 0 Å². The topological polar surface area (TPSA) is 91.4 Å². The molecule has 2 N–H and O–H groups in total. The van der Waals surface area contributed by atoms with Crippen LogP contribution in [0.5, 0.6) is 0 Å². The molecule has 3 rings (SSSR count). The zero-order valence-electron chi connectivity index (χ0n) is 14.7. The number of amides is 3. The van der Waals surface area contributed by atoms with E-state index in [0.717, 1.165) is 5.69 Å². The minimum Gasteiger partial charge on any atom is -0.326 e. The van der Waals surface area contributed by atoms with Crippen molar-refractivity contribution in [1.82, 2.24) is 4.98 Å². The van der Waals surface area contributed by atoms with Gasteiger partial charge in [0.2, 0.25) is 17.7 Å². The first-order valence-corrected chi connectivity index (χ1v) is 8.35. The van der Waals surface area contributed by atoms with E-state index >= 15 is 0 Å². The summed E-state index contributed by atoms with van der Waals surface area (Å²) in [5.74, 6) is -0.416. The molecule has 3 amide bonds. The Morgan fingerprint density at radius 3 is 2.50 bits per heavy atom. The van der Waals surface area contributed by atoms with E-state index in [0.29, 0.717) is 23.7 Å². The molecule has 0 spiro atoms. The van der Waals surface area contributed by atoms with Crippen LogP contribution in [0.4, 0.5) is 17.2 Å². The standard InChI is InChI=1S/C19H20N4O3/c1-12-4-3-5-17(20-12)22-19(26)14-10-18(25)23(11-14)16-8-6-15(7-9-16)21-13(2)24/h3-9,14H,10-11H2,1-2H3,(H,21,24)(H,20,22,26)/t14-/m0/s1. The van der Waals surface area contributed by atoms with Crippen LogP contribution < -0.4 is 15.5 Å². The third kappa shape index (κ3) is 4.05. The molecule has 1 aromatic carbocycles. The van der Waals surface area contributed by atoms with E-state index in [1.807, 2.05) is 19.1 Å². The number of hydrogen-bond donors (Lipinski definition) is 2. The summed E-state index contributed by atoms with van der Waals surface area (Å²) in [7, 11) is 0. The lowest BCUT2D eigenvalue weighted by Gasteiger charge is -2.17. The maximum Gasteiger partial charge on any atom is 0.230 e. The summed E-state index contributed by atoms with van der Waals surface area (Å²) in [6.45, 7) is 3.60. The number of nitrogens with zero attached hydrogens (tertiary/aromatic N) is 2. The third-order valence-electron chi connectivity index (χ3n) is 4.13. The molecule has 2 aromatic rings. The molecule has 1 aliphatic rings. The van der Waals surface area contributed by atoms with Crippen LogP contribution in [0.15, 0.2) is 42.5 Å². The predicted octanol–water partition coefficient (Wildman–Crippen LogP) is 2.34. The smallest absolute Gasteiger partial charge is 0.230 e. The lowest BCUT2D eigenvalue weighted by molar-refractivity contribution is -0.122. The Morgan fingerprint density at radius 1 is 1.12 bits per heavy atom. The number of carbonyl (C=O) groups excluding carboxylic acids is 3. The average Bonchev–Trinajstić information content (AvgIpc) is 2.97. The Hall–Kier alpha value is -3.22. The number of aromatic nitrogens is 1. The van der Waals surface area contributed by atoms with Crippen molar-refractivity contribution >= 4 is 34.9 Å². The lowest BCUT2D eigenvalue weighted by Crippen LogP contribution is -2.28. The van der Waals surface area contributed by atoms with Crippen LogP contribution in [-0.2, 0) is 14.4 Å². The van der Waals surface area contributed by atoms with E-state index < -0.39 is 5.92 Å². The highest BCUT2D eigenvalue weighted by atomic mass is 16.2. The Balaban J connectivity index is 1.66. The number of nitrogens with one attached hydrogen (secondary N) is 2. The number of pyridine rings is 1. The van der Waals surface area contributed by atoms with Gasteiger partial charge in [0.05, 0.1) is 5.92 Å². The maximum absolute atomic E-state index is 12.4. The number of anilines is 3. The first-order chi connectivity index (χ1) is 12.4. The second-order valence-corrected chi connectivity index (χ2v) is 6.29. The molecule has 1 fully saturated rings. The fourth-order valence-corrected chi connectivity index (χ4v) is 2.90. The molecular weight excluding hydrogens is 332 g/mol. The SMILES string of the molecule is CC(=O)Nc1ccc(N2C[C@@H](C(=O)Nc3cccc(C)n3)CC2=O)cc1. The van der Waals surface area contributed by atoms with Crippen molar-refractivity contribution in [2.45, 2.75) is 20.3 Å². The number of rotatable bonds is 4. The van der Waals surface area contributed by atoms with Gasteiger partial charge in [0.25, 0.3) is 0 Å². The fourth-order valence-electron chi connectivity index (χ4n) is 2.90. The summed E-state index contributed by atoms with van der Waals surface area (Å²) in [5.41, 5.74) is 2.17. The molecule has 0 radical (unpaired) electrons. The van der Waals surface area contributed by atoms with Crippen LogP contribution in [0.1, 0.15) is 19.0 Å². The van der Waals surface area contributed by atoms with E-state index in [-0.39, 0.29) is 24.1 Å². The summed E-state index contributed by atoms with van der Waals surface area (Å²) < 4.78 is 0. The van der Waals surface area contributed by atoms with Crippen LogP contribution in [0, 0.1) is 12.8 Å². The minimum absolute atomic E-state index is 0.102. The number of carbonyl (C=O) groups is 3. The van der Waals surface area contributed by atoms with E-state index in [9.17, 15) is 14.4 Å². The maximum atomic E-state index is 12.4. The van der Waals surface area contributed by atoms with Gasteiger partial charge in [0.15, 0.2) is 0 Å². The van der Waals surface area contributed by atoms with Crippen molar-refractivity contribution in [3.8, 4) is 0 Å². The molecular formula is C19H20N4O3. The second kappa shape index (κ2) is 7.35. The van der Waals surface area contributed by atoms with Crippen molar-refractivity contribution in [3.63, 3.8) is 0 Å². The lowest BCUT2D eigenvalue weighted by atomic mass is 10.1. The van der Waals surface area contributed by atoms with Gasteiger partial charge >= 0.3 is 0 Å². The molecule has 7 heteroatoms. The van der Waals surface area contributed by atoms with Gasteiger partial charge in [-0.25, -0.2) is 4.98 Å². The molecule has 1 aliphatic heterocycles. The molecule has 1 aromatic heterocycles. The highest BCUT2D eigenvalue weighted by molar-refractivity contribution is 6.03. The number of hydrogen-bond acceptors (Lipinski definition) is 4. The van der Waals surface area contributed by atoms with Gasteiger partial charge in [-0.1, -0.05) is 6.07 Å². The monoisotopic (exact) mass is 352 g/mol. The van der Waals surface area contributed by atoms with Crippen molar-refractivity contribution in [2.24, 2.45) is 5.92 Å². The Labute approximate surface area is 151 Å². The largest absolute Gasteiger partial charge is 0.326 e. The normalized spacial score (nSPS) is 16.5. The summed E-state index contributed by atoms with van der Waals surface area (Å²) in [6.07, 6.45) is 0.158. The van der Waals surface area contributed by atoms with Gasteiger partial charge in [0.1, 0.15) is 5.82 Å². The van der Waals surface area contributed by atoms with Crippen molar-refractivity contribution in [2.75, 3.05) is 22.1 Å².